The van der Waals surface area contributed by atoms with Gasteiger partial charge in [-0.1, -0.05) is 0 Å². The molecule has 2 atom stereocenters. The molecule has 1 rings (SSSR count). The average Bonchev–Trinajstić information content (AvgIpc) is 2.25. The van der Waals surface area contributed by atoms with Crippen molar-refractivity contribution in [3.63, 3.8) is 0 Å². The Morgan fingerprint density at radius 2 is 1.89 bits per heavy atom. The van der Waals surface area contributed by atoms with E-state index in [1.807, 2.05) is 0 Å². The molecule has 1 fully saturated rings. The summed E-state index contributed by atoms with van der Waals surface area (Å²) in [6, 6.07) is 0. The fourth-order valence-electron chi connectivity index (χ4n) is 1.63. The second kappa shape index (κ2) is 4.96. The van der Waals surface area contributed by atoms with E-state index < -0.39 is 43.4 Å². The first-order valence-electron chi connectivity index (χ1n) is 5.09. The number of aliphatic hydroxyl groups excluding tert-OH is 1. The molecule has 0 aliphatic carbocycles. The first-order valence-corrected chi connectivity index (χ1v) is 5.09. The Morgan fingerprint density at radius 1 is 1.33 bits per heavy atom. The molecule has 1 saturated heterocycles. The fraction of sp³-hybridized carbons (Fsp3) is 0.889. The SMILES string of the molecule is CC1CN(C(=O)C(F)(F)C(F)(F)F)CC(CO)O1. The molecule has 1 aliphatic rings. The zero-order chi connectivity index (χ0) is 14.1. The number of morpholine rings is 1. The molecule has 106 valence electrons. The molecule has 0 radical (unpaired) electrons. The topological polar surface area (TPSA) is 49.8 Å². The Balaban J connectivity index is 2.83. The lowest BCUT2D eigenvalue weighted by Crippen LogP contribution is -2.58. The van der Waals surface area contributed by atoms with Gasteiger partial charge in [0.2, 0.25) is 0 Å². The molecule has 0 saturated carbocycles. The van der Waals surface area contributed by atoms with Gasteiger partial charge in [0, 0.05) is 13.1 Å². The molecule has 0 aromatic heterocycles. The number of nitrogens with zero attached hydrogens (tertiary/aromatic N) is 1. The summed E-state index contributed by atoms with van der Waals surface area (Å²) in [6.45, 7) is -0.0219. The zero-order valence-corrected chi connectivity index (χ0v) is 9.38. The summed E-state index contributed by atoms with van der Waals surface area (Å²) < 4.78 is 66.8. The van der Waals surface area contributed by atoms with Crippen LogP contribution < -0.4 is 0 Å². The van der Waals surface area contributed by atoms with Crippen molar-refractivity contribution in [3.8, 4) is 0 Å². The molecule has 9 heteroatoms. The van der Waals surface area contributed by atoms with Gasteiger partial charge in [0.25, 0.3) is 0 Å². The van der Waals surface area contributed by atoms with Gasteiger partial charge in [-0.15, -0.1) is 0 Å². The highest BCUT2D eigenvalue weighted by Gasteiger charge is 2.64. The second-order valence-electron chi connectivity index (χ2n) is 4.03. The fourth-order valence-corrected chi connectivity index (χ4v) is 1.63. The van der Waals surface area contributed by atoms with Crippen LogP contribution in [0.3, 0.4) is 0 Å². The molecular formula is C9H12F5NO3. The summed E-state index contributed by atoms with van der Waals surface area (Å²) >= 11 is 0. The van der Waals surface area contributed by atoms with E-state index in [0.29, 0.717) is 4.90 Å². The highest BCUT2D eigenvalue weighted by Crippen LogP contribution is 2.37. The highest BCUT2D eigenvalue weighted by molar-refractivity contribution is 5.84. The minimum absolute atomic E-state index is 0.364. The lowest BCUT2D eigenvalue weighted by atomic mass is 10.2. The molecule has 0 aromatic rings. The Bertz CT molecular complexity index is 320. The highest BCUT2D eigenvalue weighted by atomic mass is 19.4. The second-order valence-corrected chi connectivity index (χ2v) is 4.03. The minimum Gasteiger partial charge on any atom is -0.394 e. The molecule has 4 nitrogen and oxygen atoms in total. The summed E-state index contributed by atoms with van der Waals surface area (Å²) in [4.78, 5) is 11.6. The van der Waals surface area contributed by atoms with Gasteiger partial charge in [-0.3, -0.25) is 4.79 Å². The van der Waals surface area contributed by atoms with E-state index in [4.69, 9.17) is 9.84 Å². The standard InChI is InChI=1S/C9H12F5NO3/c1-5-2-15(3-6(4-16)18-5)7(17)8(10,11)9(12,13)14/h5-6,16H,2-4H2,1H3. The maximum atomic E-state index is 12.8. The number of amides is 1. The molecule has 1 N–H and O–H groups in total. The van der Waals surface area contributed by atoms with Crippen LogP contribution in [-0.2, 0) is 9.53 Å². The van der Waals surface area contributed by atoms with Crippen molar-refractivity contribution >= 4 is 5.91 Å². The molecule has 1 amide bonds. The molecule has 0 aromatic carbocycles. The van der Waals surface area contributed by atoms with Gasteiger partial charge >= 0.3 is 18.0 Å². The van der Waals surface area contributed by atoms with Crippen molar-refractivity contribution in [1.29, 1.82) is 0 Å². The average molecular weight is 277 g/mol. The molecule has 0 bridgehead atoms. The quantitative estimate of drug-likeness (QED) is 0.759. The van der Waals surface area contributed by atoms with Crippen LogP contribution in [0.15, 0.2) is 0 Å². The van der Waals surface area contributed by atoms with Gasteiger partial charge < -0.3 is 14.7 Å². The summed E-state index contributed by atoms with van der Waals surface area (Å²) in [5.74, 6) is -7.74. The largest absolute Gasteiger partial charge is 0.463 e. The smallest absolute Gasteiger partial charge is 0.394 e. The number of ether oxygens (including phenoxy) is 1. The van der Waals surface area contributed by atoms with Crippen molar-refractivity contribution < 1.29 is 36.6 Å². The first-order chi connectivity index (χ1) is 8.09. The molecular weight excluding hydrogens is 265 g/mol. The van der Waals surface area contributed by atoms with E-state index in [-0.39, 0.29) is 6.54 Å². The van der Waals surface area contributed by atoms with Gasteiger partial charge in [0.1, 0.15) is 0 Å². The molecule has 0 spiro atoms. The normalized spacial score (nSPS) is 26.3. The number of halogens is 5. The van der Waals surface area contributed by atoms with E-state index in [2.05, 4.69) is 0 Å². The summed E-state index contributed by atoms with van der Waals surface area (Å²) in [5.41, 5.74) is 0. The Hall–Kier alpha value is -0.960. The van der Waals surface area contributed by atoms with E-state index in [0.717, 1.165) is 0 Å². The number of rotatable bonds is 2. The lowest BCUT2D eigenvalue weighted by Gasteiger charge is -2.37. The minimum atomic E-state index is -5.93. The number of carbonyl (C=O) groups excluding carboxylic acids is 1. The third kappa shape index (κ3) is 2.89. The zero-order valence-electron chi connectivity index (χ0n) is 9.38. The van der Waals surface area contributed by atoms with Crippen molar-refractivity contribution in [3.05, 3.63) is 0 Å². The van der Waals surface area contributed by atoms with Crippen LogP contribution in [0.1, 0.15) is 6.92 Å². The number of hydrogen-bond acceptors (Lipinski definition) is 3. The third-order valence-electron chi connectivity index (χ3n) is 2.44. The Morgan fingerprint density at radius 3 is 2.33 bits per heavy atom. The third-order valence-corrected chi connectivity index (χ3v) is 2.44. The maximum absolute atomic E-state index is 12.8. The van der Waals surface area contributed by atoms with Crippen LogP contribution in [0, 0.1) is 0 Å². The van der Waals surface area contributed by atoms with Gasteiger partial charge in [-0.2, -0.15) is 22.0 Å². The van der Waals surface area contributed by atoms with Gasteiger partial charge in [-0.25, -0.2) is 0 Å². The van der Waals surface area contributed by atoms with Crippen LogP contribution in [0.5, 0.6) is 0 Å². The molecule has 1 heterocycles. The van der Waals surface area contributed by atoms with E-state index in [9.17, 15) is 26.7 Å². The summed E-state index contributed by atoms with van der Waals surface area (Å²) in [6.07, 6.45) is -7.61. The number of aliphatic hydroxyl groups is 1. The van der Waals surface area contributed by atoms with Crippen LogP contribution in [0.4, 0.5) is 22.0 Å². The van der Waals surface area contributed by atoms with Crippen LogP contribution in [-0.4, -0.2) is 59.9 Å². The first kappa shape index (κ1) is 15.1. The van der Waals surface area contributed by atoms with E-state index in [1.165, 1.54) is 6.92 Å². The van der Waals surface area contributed by atoms with Crippen molar-refractivity contribution in [2.75, 3.05) is 19.7 Å². The van der Waals surface area contributed by atoms with E-state index >= 15 is 0 Å². The predicted molar refractivity (Wildman–Crippen MR) is 49.0 cm³/mol. The Kier molecular flexibility index (Phi) is 4.16. The summed E-state index contributed by atoms with van der Waals surface area (Å²) in [5, 5.41) is 8.80. The van der Waals surface area contributed by atoms with Crippen molar-refractivity contribution in [1.82, 2.24) is 4.90 Å². The van der Waals surface area contributed by atoms with Crippen molar-refractivity contribution in [2.45, 2.75) is 31.2 Å². The van der Waals surface area contributed by atoms with E-state index in [1.54, 1.807) is 0 Å². The predicted octanol–water partition coefficient (Wildman–Crippen LogP) is 0.792. The van der Waals surface area contributed by atoms with Gasteiger partial charge in [0.15, 0.2) is 0 Å². The number of carbonyl (C=O) groups is 1. The molecule has 2 unspecified atom stereocenters. The van der Waals surface area contributed by atoms with Crippen LogP contribution in [0.25, 0.3) is 0 Å². The molecule has 1 aliphatic heterocycles. The number of hydrogen-bond donors (Lipinski definition) is 1. The van der Waals surface area contributed by atoms with Crippen LogP contribution >= 0.6 is 0 Å². The monoisotopic (exact) mass is 277 g/mol. The van der Waals surface area contributed by atoms with Crippen LogP contribution in [0.2, 0.25) is 0 Å². The summed E-state index contributed by atoms with van der Waals surface area (Å²) in [7, 11) is 0. The van der Waals surface area contributed by atoms with Gasteiger partial charge in [-0.05, 0) is 6.92 Å². The molecule has 18 heavy (non-hydrogen) atoms. The Labute approximate surface area is 99.3 Å². The lowest BCUT2D eigenvalue weighted by molar-refractivity contribution is -0.276. The van der Waals surface area contributed by atoms with Crippen molar-refractivity contribution in [2.24, 2.45) is 0 Å². The van der Waals surface area contributed by atoms with Gasteiger partial charge in [0.05, 0.1) is 18.8 Å². The maximum Gasteiger partial charge on any atom is 0.463 e. The number of alkyl halides is 5.